The molecule has 0 spiro atoms. The summed E-state index contributed by atoms with van der Waals surface area (Å²) in [5.74, 6) is -1.40. The van der Waals surface area contributed by atoms with Crippen molar-refractivity contribution >= 4 is 11.9 Å². The second-order valence-electron chi connectivity index (χ2n) is 3.43. The zero-order valence-electron chi connectivity index (χ0n) is 8.44. The summed E-state index contributed by atoms with van der Waals surface area (Å²) in [7, 11) is 0. The largest absolute Gasteiger partial charge is 0.480 e. The average molecular weight is 213 g/mol. The molecule has 2 N–H and O–H groups in total. The Hall–Kier alpha value is -1.36. The van der Waals surface area contributed by atoms with Crippen molar-refractivity contribution in [2.75, 3.05) is 6.61 Å². The van der Waals surface area contributed by atoms with E-state index in [4.69, 9.17) is 9.84 Å². The molecule has 0 aliphatic carbocycles. The van der Waals surface area contributed by atoms with E-state index in [9.17, 15) is 9.59 Å². The summed E-state index contributed by atoms with van der Waals surface area (Å²) in [6.45, 7) is 4.01. The lowest BCUT2D eigenvalue weighted by atomic mass is 10.1. The lowest BCUT2D eigenvalue weighted by molar-refractivity contribution is -0.143. The van der Waals surface area contributed by atoms with E-state index < -0.39 is 18.1 Å². The summed E-state index contributed by atoms with van der Waals surface area (Å²) in [6.07, 6.45) is 2.70. The van der Waals surface area contributed by atoms with Crippen molar-refractivity contribution < 1.29 is 19.4 Å². The van der Waals surface area contributed by atoms with Gasteiger partial charge in [-0.15, -0.1) is 6.58 Å². The van der Waals surface area contributed by atoms with E-state index in [0.717, 1.165) is 6.42 Å². The van der Waals surface area contributed by atoms with Crippen LogP contribution in [-0.2, 0) is 14.3 Å². The lowest BCUT2D eigenvalue weighted by Gasteiger charge is -2.15. The highest BCUT2D eigenvalue weighted by Gasteiger charge is 2.27. The van der Waals surface area contributed by atoms with Crippen LogP contribution in [0.2, 0.25) is 0 Å². The van der Waals surface area contributed by atoms with Crippen LogP contribution in [0.4, 0.5) is 0 Å². The van der Waals surface area contributed by atoms with Crippen molar-refractivity contribution in [3.8, 4) is 0 Å². The van der Waals surface area contributed by atoms with Gasteiger partial charge in [0.1, 0.15) is 12.1 Å². The van der Waals surface area contributed by atoms with Gasteiger partial charge in [-0.1, -0.05) is 6.08 Å². The molecule has 0 aromatic carbocycles. The van der Waals surface area contributed by atoms with Crippen molar-refractivity contribution in [2.45, 2.75) is 31.4 Å². The Morgan fingerprint density at radius 1 is 1.67 bits per heavy atom. The Bertz CT molecular complexity index is 258. The van der Waals surface area contributed by atoms with Crippen LogP contribution in [0.15, 0.2) is 12.7 Å². The van der Waals surface area contributed by atoms with E-state index in [1.807, 2.05) is 0 Å². The first-order valence-electron chi connectivity index (χ1n) is 4.91. The molecule has 84 valence electrons. The van der Waals surface area contributed by atoms with Gasteiger partial charge in [-0.2, -0.15) is 0 Å². The maximum Gasteiger partial charge on any atom is 0.326 e. The maximum absolute atomic E-state index is 11.5. The van der Waals surface area contributed by atoms with Crippen LogP contribution in [-0.4, -0.2) is 35.7 Å². The number of amides is 1. The number of carboxylic acid groups (broad SMARTS) is 1. The van der Waals surface area contributed by atoms with Gasteiger partial charge in [-0.25, -0.2) is 4.79 Å². The Balaban J connectivity index is 2.45. The van der Waals surface area contributed by atoms with Crippen LogP contribution in [0, 0.1) is 0 Å². The Labute approximate surface area is 88.1 Å². The van der Waals surface area contributed by atoms with Crippen LogP contribution in [0.5, 0.6) is 0 Å². The summed E-state index contributed by atoms with van der Waals surface area (Å²) in [5.41, 5.74) is 0. The molecule has 0 unspecified atom stereocenters. The van der Waals surface area contributed by atoms with Crippen molar-refractivity contribution in [1.82, 2.24) is 5.32 Å². The van der Waals surface area contributed by atoms with E-state index in [1.54, 1.807) is 0 Å². The van der Waals surface area contributed by atoms with Gasteiger partial charge in [-0.3, -0.25) is 4.79 Å². The highest BCUT2D eigenvalue weighted by atomic mass is 16.5. The monoisotopic (exact) mass is 213 g/mol. The number of hydrogen-bond acceptors (Lipinski definition) is 3. The summed E-state index contributed by atoms with van der Waals surface area (Å²) >= 11 is 0. The molecular weight excluding hydrogens is 198 g/mol. The molecule has 0 aromatic heterocycles. The van der Waals surface area contributed by atoms with Gasteiger partial charge in [0.15, 0.2) is 0 Å². The molecule has 0 aromatic rings. The number of nitrogens with one attached hydrogen (secondary N) is 1. The second-order valence-corrected chi connectivity index (χ2v) is 3.43. The van der Waals surface area contributed by atoms with Crippen LogP contribution in [0.25, 0.3) is 0 Å². The highest BCUT2D eigenvalue weighted by Crippen LogP contribution is 2.12. The fourth-order valence-corrected chi connectivity index (χ4v) is 1.44. The Morgan fingerprint density at radius 3 is 2.87 bits per heavy atom. The number of aliphatic carboxylic acids is 1. The first-order valence-corrected chi connectivity index (χ1v) is 4.91. The minimum atomic E-state index is -1.05. The summed E-state index contributed by atoms with van der Waals surface area (Å²) in [5, 5.41) is 11.2. The van der Waals surface area contributed by atoms with Gasteiger partial charge in [0, 0.05) is 6.61 Å². The molecule has 5 heteroatoms. The summed E-state index contributed by atoms with van der Waals surface area (Å²) in [6, 6.07) is -0.904. The fraction of sp³-hybridized carbons (Fsp3) is 0.600. The molecule has 1 aliphatic rings. The highest BCUT2D eigenvalue weighted by molar-refractivity contribution is 5.86. The maximum atomic E-state index is 11.5. The third kappa shape index (κ3) is 3.36. The molecule has 0 radical (unpaired) electrons. The van der Waals surface area contributed by atoms with Crippen molar-refractivity contribution in [3.05, 3.63) is 12.7 Å². The number of carbonyl (C=O) groups is 2. The van der Waals surface area contributed by atoms with Gasteiger partial charge in [0.05, 0.1) is 0 Å². The Kier molecular flexibility index (Phi) is 4.30. The zero-order valence-corrected chi connectivity index (χ0v) is 8.44. The van der Waals surface area contributed by atoms with E-state index in [2.05, 4.69) is 11.9 Å². The molecule has 1 saturated heterocycles. The summed E-state index contributed by atoms with van der Waals surface area (Å²) in [4.78, 5) is 22.2. The Morgan fingerprint density at radius 2 is 2.40 bits per heavy atom. The smallest absolute Gasteiger partial charge is 0.326 e. The summed E-state index contributed by atoms with van der Waals surface area (Å²) < 4.78 is 5.14. The van der Waals surface area contributed by atoms with Gasteiger partial charge in [-0.05, 0) is 19.3 Å². The normalized spacial score (nSPS) is 22.0. The molecule has 15 heavy (non-hydrogen) atoms. The van der Waals surface area contributed by atoms with Crippen LogP contribution >= 0.6 is 0 Å². The van der Waals surface area contributed by atoms with E-state index in [0.29, 0.717) is 13.0 Å². The molecule has 1 aliphatic heterocycles. The standard InChI is InChI=1S/C10H15NO4/c1-2-4-7(10(13)14)11-9(12)8-5-3-6-15-8/h2,7-8H,1,3-6H2,(H,11,12)(H,13,14)/t7-,8+/m1/s1. The first kappa shape index (κ1) is 11.7. The van der Waals surface area contributed by atoms with E-state index in [1.165, 1.54) is 6.08 Å². The number of ether oxygens (including phenoxy) is 1. The van der Waals surface area contributed by atoms with Gasteiger partial charge in [0.2, 0.25) is 5.91 Å². The van der Waals surface area contributed by atoms with Crippen LogP contribution in [0.3, 0.4) is 0 Å². The van der Waals surface area contributed by atoms with Crippen molar-refractivity contribution in [2.24, 2.45) is 0 Å². The van der Waals surface area contributed by atoms with Gasteiger partial charge in [0.25, 0.3) is 0 Å². The number of hydrogen-bond donors (Lipinski definition) is 2. The first-order chi connectivity index (χ1) is 7.15. The number of carboxylic acids is 1. The molecule has 1 amide bonds. The predicted molar refractivity (Wildman–Crippen MR) is 53.4 cm³/mol. The molecule has 1 fully saturated rings. The molecule has 5 nitrogen and oxygen atoms in total. The molecule has 0 bridgehead atoms. The van der Waals surface area contributed by atoms with Gasteiger partial charge >= 0.3 is 5.97 Å². The van der Waals surface area contributed by atoms with Crippen molar-refractivity contribution in [1.29, 1.82) is 0 Å². The van der Waals surface area contributed by atoms with E-state index in [-0.39, 0.29) is 12.3 Å². The number of rotatable bonds is 5. The minimum absolute atomic E-state index is 0.216. The average Bonchev–Trinajstić information content (AvgIpc) is 2.69. The van der Waals surface area contributed by atoms with Crippen LogP contribution in [0.1, 0.15) is 19.3 Å². The van der Waals surface area contributed by atoms with Gasteiger partial charge < -0.3 is 15.2 Å². The quantitative estimate of drug-likeness (QED) is 0.644. The van der Waals surface area contributed by atoms with E-state index >= 15 is 0 Å². The predicted octanol–water partition coefficient (Wildman–Crippen LogP) is 0.311. The van der Waals surface area contributed by atoms with Crippen LogP contribution < -0.4 is 5.32 Å². The second kappa shape index (κ2) is 5.50. The number of carbonyl (C=O) groups excluding carboxylic acids is 1. The molecule has 1 heterocycles. The minimum Gasteiger partial charge on any atom is -0.480 e. The SMILES string of the molecule is C=CC[C@@H](NC(=O)[C@@H]1CCCO1)C(=O)O. The zero-order chi connectivity index (χ0) is 11.3. The van der Waals surface area contributed by atoms with Crippen molar-refractivity contribution in [3.63, 3.8) is 0 Å². The topological polar surface area (TPSA) is 75.6 Å². The lowest BCUT2D eigenvalue weighted by Crippen LogP contribution is -2.45. The third-order valence-corrected chi connectivity index (χ3v) is 2.24. The molecular formula is C10H15NO4. The fourth-order valence-electron chi connectivity index (χ4n) is 1.44. The molecule has 2 atom stereocenters. The molecule has 1 rings (SSSR count). The molecule has 0 saturated carbocycles. The third-order valence-electron chi connectivity index (χ3n) is 2.24.